The molecule has 0 fully saturated rings. The van der Waals surface area contributed by atoms with Gasteiger partial charge >= 0.3 is 0 Å². The van der Waals surface area contributed by atoms with Gasteiger partial charge in [-0.3, -0.25) is 0 Å². The highest BCUT2D eigenvalue weighted by molar-refractivity contribution is 5.46. The van der Waals surface area contributed by atoms with E-state index in [9.17, 15) is 0 Å². The summed E-state index contributed by atoms with van der Waals surface area (Å²) in [4.78, 5) is 0. The van der Waals surface area contributed by atoms with Crippen molar-refractivity contribution in [1.29, 1.82) is 0 Å². The number of hydrogen-bond acceptors (Lipinski definition) is 2. The van der Waals surface area contributed by atoms with Crippen LogP contribution in [0.3, 0.4) is 0 Å². The molecule has 0 aliphatic rings. The summed E-state index contributed by atoms with van der Waals surface area (Å²) in [5, 5.41) is 0. The van der Waals surface area contributed by atoms with Gasteiger partial charge in [0.05, 0.1) is 14.2 Å². The zero-order valence-electron chi connectivity index (χ0n) is 7.46. The summed E-state index contributed by atoms with van der Waals surface area (Å²) in [6.07, 6.45) is 0.709. The molecule has 0 aromatic heterocycles. The van der Waals surface area contributed by atoms with E-state index in [1.807, 2.05) is 18.2 Å². The molecule has 0 saturated heterocycles. The van der Waals surface area contributed by atoms with Gasteiger partial charge in [-0.1, -0.05) is 12.1 Å². The highest BCUT2D eigenvalue weighted by Gasteiger charge is 2.06. The van der Waals surface area contributed by atoms with E-state index in [1.165, 1.54) is 0 Å². The molecule has 0 heterocycles. The van der Waals surface area contributed by atoms with Crippen molar-refractivity contribution in [3.8, 4) is 11.5 Å². The minimum atomic E-state index is 0.709. The van der Waals surface area contributed by atoms with Gasteiger partial charge in [0.1, 0.15) is 0 Å². The molecule has 1 rings (SSSR count). The molecule has 2 nitrogen and oxygen atoms in total. The monoisotopic (exact) mass is 165 g/mol. The molecule has 0 saturated carbocycles. The van der Waals surface area contributed by atoms with Gasteiger partial charge in [-0.25, -0.2) is 0 Å². The summed E-state index contributed by atoms with van der Waals surface area (Å²) >= 11 is 0. The Bertz CT molecular complexity index is 234. The van der Waals surface area contributed by atoms with E-state index >= 15 is 0 Å². The quantitative estimate of drug-likeness (QED) is 0.682. The first-order chi connectivity index (χ1) is 5.83. The average molecular weight is 165 g/mol. The first kappa shape index (κ1) is 8.91. The normalized spacial score (nSPS) is 9.58. The summed E-state index contributed by atoms with van der Waals surface area (Å²) in [6, 6.07) is 5.79. The van der Waals surface area contributed by atoms with Crippen LogP contribution in [0.4, 0.5) is 0 Å². The smallest absolute Gasteiger partial charge is 0.163 e. The van der Waals surface area contributed by atoms with Gasteiger partial charge in [-0.05, 0) is 25.0 Å². The number of rotatable bonds is 3. The lowest BCUT2D eigenvalue weighted by Gasteiger charge is -2.10. The van der Waals surface area contributed by atoms with E-state index in [0.29, 0.717) is 6.42 Å². The molecule has 0 unspecified atom stereocenters. The topological polar surface area (TPSA) is 18.5 Å². The van der Waals surface area contributed by atoms with Crippen LogP contribution in [0.2, 0.25) is 0 Å². The van der Waals surface area contributed by atoms with Crippen molar-refractivity contribution >= 4 is 0 Å². The molecule has 0 atom stereocenters. The Labute approximate surface area is 73.1 Å². The third-order valence-corrected chi connectivity index (χ3v) is 1.75. The van der Waals surface area contributed by atoms with Gasteiger partial charge in [0, 0.05) is 0 Å². The van der Waals surface area contributed by atoms with Crippen molar-refractivity contribution in [2.45, 2.75) is 6.42 Å². The van der Waals surface area contributed by atoms with Crippen LogP contribution in [-0.2, 0) is 6.42 Å². The molecule has 0 bridgehead atoms. The van der Waals surface area contributed by atoms with Gasteiger partial charge in [-0.2, -0.15) is 0 Å². The van der Waals surface area contributed by atoms with Crippen LogP contribution in [0.25, 0.3) is 0 Å². The minimum absolute atomic E-state index is 0.709. The van der Waals surface area contributed by atoms with E-state index in [1.54, 1.807) is 14.2 Å². The molecule has 0 aliphatic heterocycles. The van der Waals surface area contributed by atoms with Crippen LogP contribution in [0.1, 0.15) is 5.56 Å². The standard InChI is InChI=1S/C10H13O2/c1-4-8-6-5-7-9(11-2)10(8)12-3/h5-7H,1,4H2,2-3H3. The van der Waals surface area contributed by atoms with Gasteiger partial charge in [0.15, 0.2) is 11.5 Å². The van der Waals surface area contributed by atoms with Crippen LogP contribution >= 0.6 is 0 Å². The second-order valence-electron chi connectivity index (χ2n) is 2.40. The maximum absolute atomic E-state index is 5.19. The Morgan fingerprint density at radius 1 is 1.25 bits per heavy atom. The fourth-order valence-corrected chi connectivity index (χ4v) is 1.15. The number of methoxy groups -OCH3 is 2. The predicted octanol–water partition coefficient (Wildman–Crippen LogP) is 2.08. The molecule has 1 aromatic rings. The summed E-state index contributed by atoms with van der Waals surface area (Å²) in [6.45, 7) is 3.80. The molecule has 1 aromatic carbocycles. The molecule has 2 heteroatoms. The molecule has 0 spiro atoms. The SMILES string of the molecule is [CH2]Cc1cccc(OC)c1OC. The van der Waals surface area contributed by atoms with E-state index in [2.05, 4.69) is 6.92 Å². The highest BCUT2D eigenvalue weighted by atomic mass is 16.5. The first-order valence-electron chi connectivity index (χ1n) is 3.82. The molecule has 65 valence electrons. The maximum atomic E-state index is 5.19. The highest BCUT2D eigenvalue weighted by Crippen LogP contribution is 2.30. The molecule has 0 N–H and O–H groups in total. The zero-order chi connectivity index (χ0) is 8.97. The number of ether oxygens (including phenoxy) is 2. The van der Waals surface area contributed by atoms with Gasteiger partial charge in [-0.15, -0.1) is 0 Å². The molecule has 12 heavy (non-hydrogen) atoms. The number of benzene rings is 1. The Morgan fingerprint density at radius 3 is 2.50 bits per heavy atom. The van der Waals surface area contributed by atoms with Crippen molar-refractivity contribution in [3.63, 3.8) is 0 Å². The first-order valence-corrected chi connectivity index (χ1v) is 3.82. The Morgan fingerprint density at radius 2 is 2.00 bits per heavy atom. The molecular formula is C10H13O2. The largest absolute Gasteiger partial charge is 0.493 e. The fourth-order valence-electron chi connectivity index (χ4n) is 1.15. The van der Waals surface area contributed by atoms with Crippen molar-refractivity contribution in [1.82, 2.24) is 0 Å². The second kappa shape index (κ2) is 4.00. The van der Waals surface area contributed by atoms with Gasteiger partial charge in [0.2, 0.25) is 0 Å². The Kier molecular flexibility index (Phi) is 2.97. The number of para-hydroxylation sites is 1. The predicted molar refractivity (Wildman–Crippen MR) is 48.6 cm³/mol. The van der Waals surface area contributed by atoms with Crippen LogP contribution in [-0.4, -0.2) is 14.2 Å². The van der Waals surface area contributed by atoms with Gasteiger partial charge in [0.25, 0.3) is 0 Å². The molecule has 0 amide bonds. The number of hydrogen-bond donors (Lipinski definition) is 0. The summed E-state index contributed by atoms with van der Waals surface area (Å²) in [5.41, 5.74) is 1.07. The average Bonchev–Trinajstić information content (AvgIpc) is 2.16. The van der Waals surface area contributed by atoms with E-state index in [4.69, 9.17) is 9.47 Å². The van der Waals surface area contributed by atoms with E-state index in [-0.39, 0.29) is 0 Å². The summed E-state index contributed by atoms with van der Waals surface area (Å²) < 4.78 is 10.3. The van der Waals surface area contributed by atoms with Crippen LogP contribution < -0.4 is 9.47 Å². The van der Waals surface area contributed by atoms with Crippen molar-refractivity contribution < 1.29 is 9.47 Å². The van der Waals surface area contributed by atoms with Crippen molar-refractivity contribution in [2.24, 2.45) is 0 Å². The minimum Gasteiger partial charge on any atom is -0.493 e. The summed E-state index contributed by atoms with van der Waals surface area (Å²) in [5.74, 6) is 1.55. The van der Waals surface area contributed by atoms with Crippen LogP contribution in [0.15, 0.2) is 18.2 Å². The second-order valence-corrected chi connectivity index (χ2v) is 2.40. The third-order valence-electron chi connectivity index (χ3n) is 1.75. The lowest BCUT2D eigenvalue weighted by Crippen LogP contribution is -1.94. The Hall–Kier alpha value is -1.18. The third kappa shape index (κ3) is 1.52. The van der Waals surface area contributed by atoms with Crippen molar-refractivity contribution in [2.75, 3.05) is 14.2 Å². The molecule has 1 radical (unpaired) electrons. The van der Waals surface area contributed by atoms with E-state index in [0.717, 1.165) is 17.1 Å². The lowest BCUT2D eigenvalue weighted by molar-refractivity contribution is 0.352. The molecule has 0 aliphatic carbocycles. The maximum Gasteiger partial charge on any atom is 0.163 e. The van der Waals surface area contributed by atoms with Crippen LogP contribution in [0.5, 0.6) is 11.5 Å². The Balaban J connectivity index is 3.13. The van der Waals surface area contributed by atoms with Crippen LogP contribution in [0, 0.1) is 6.92 Å². The van der Waals surface area contributed by atoms with E-state index < -0.39 is 0 Å². The molecular weight excluding hydrogens is 152 g/mol. The zero-order valence-corrected chi connectivity index (χ0v) is 7.46. The summed E-state index contributed by atoms with van der Waals surface area (Å²) in [7, 11) is 3.27. The van der Waals surface area contributed by atoms with Crippen molar-refractivity contribution in [3.05, 3.63) is 30.7 Å². The lowest BCUT2D eigenvalue weighted by atomic mass is 10.1. The van der Waals surface area contributed by atoms with Gasteiger partial charge < -0.3 is 9.47 Å². The fraction of sp³-hybridized carbons (Fsp3) is 0.300.